The zero-order valence-electron chi connectivity index (χ0n) is 10.2. The molecule has 2 unspecified atom stereocenters. The Labute approximate surface area is 97.8 Å². The van der Waals surface area contributed by atoms with Crippen molar-refractivity contribution in [2.24, 2.45) is 5.73 Å². The molecule has 2 rings (SSSR count). The maximum atomic E-state index is 5.94. The van der Waals surface area contributed by atoms with Gasteiger partial charge in [-0.25, -0.2) is 0 Å². The summed E-state index contributed by atoms with van der Waals surface area (Å²) in [4.78, 5) is 0. The Morgan fingerprint density at radius 1 is 1.25 bits per heavy atom. The molecule has 0 aliphatic heterocycles. The van der Waals surface area contributed by atoms with Gasteiger partial charge in [0.15, 0.2) is 0 Å². The molecule has 0 saturated heterocycles. The molecular weight excluding hydrogens is 198 g/mol. The highest BCUT2D eigenvalue weighted by molar-refractivity contribution is 5.32. The summed E-state index contributed by atoms with van der Waals surface area (Å²) in [5.41, 5.74) is 9.85. The molecular formula is C14H21NO. The zero-order valence-corrected chi connectivity index (χ0v) is 10.2. The Kier molecular flexibility index (Phi) is 3.62. The fourth-order valence-electron chi connectivity index (χ4n) is 2.40. The lowest BCUT2D eigenvalue weighted by molar-refractivity contribution is 0.0443. The third-order valence-electron chi connectivity index (χ3n) is 3.53. The molecule has 1 aliphatic carbocycles. The highest BCUT2D eigenvalue weighted by Crippen LogP contribution is 2.23. The number of nitrogens with two attached hydrogens (primary N) is 1. The molecule has 1 aliphatic rings. The van der Waals surface area contributed by atoms with E-state index < -0.39 is 0 Å². The predicted molar refractivity (Wildman–Crippen MR) is 66.3 cm³/mol. The van der Waals surface area contributed by atoms with Gasteiger partial charge in [-0.15, -0.1) is 0 Å². The van der Waals surface area contributed by atoms with E-state index in [-0.39, 0.29) is 0 Å². The van der Waals surface area contributed by atoms with Gasteiger partial charge in [-0.1, -0.05) is 18.2 Å². The van der Waals surface area contributed by atoms with E-state index in [1.807, 2.05) is 0 Å². The summed E-state index contributed by atoms with van der Waals surface area (Å²) in [6.07, 6.45) is 3.61. The third kappa shape index (κ3) is 2.63. The fraction of sp³-hybridized carbons (Fsp3) is 0.571. The molecule has 0 bridgehead atoms. The number of aryl methyl sites for hydroxylation is 2. The van der Waals surface area contributed by atoms with E-state index in [1.165, 1.54) is 16.7 Å². The van der Waals surface area contributed by atoms with E-state index in [0.717, 1.165) is 25.9 Å². The molecule has 16 heavy (non-hydrogen) atoms. The zero-order chi connectivity index (χ0) is 11.5. The van der Waals surface area contributed by atoms with Crippen LogP contribution in [0.15, 0.2) is 18.2 Å². The van der Waals surface area contributed by atoms with Gasteiger partial charge >= 0.3 is 0 Å². The monoisotopic (exact) mass is 219 g/mol. The van der Waals surface area contributed by atoms with Crippen LogP contribution in [-0.4, -0.2) is 12.1 Å². The van der Waals surface area contributed by atoms with Crippen LogP contribution in [0.3, 0.4) is 0 Å². The van der Waals surface area contributed by atoms with Crippen LogP contribution < -0.4 is 5.73 Å². The van der Waals surface area contributed by atoms with Crippen LogP contribution >= 0.6 is 0 Å². The Morgan fingerprint density at radius 2 is 1.94 bits per heavy atom. The predicted octanol–water partition coefficient (Wildman–Crippen LogP) is 2.70. The van der Waals surface area contributed by atoms with E-state index in [9.17, 15) is 0 Å². The lowest BCUT2D eigenvalue weighted by Crippen LogP contribution is -2.17. The summed E-state index contributed by atoms with van der Waals surface area (Å²) >= 11 is 0. The first-order valence-electron chi connectivity index (χ1n) is 6.09. The van der Waals surface area contributed by atoms with Crippen LogP contribution in [-0.2, 0) is 11.3 Å². The van der Waals surface area contributed by atoms with Crippen molar-refractivity contribution in [1.29, 1.82) is 0 Å². The van der Waals surface area contributed by atoms with Crippen LogP contribution in [0.2, 0.25) is 0 Å². The highest BCUT2D eigenvalue weighted by Gasteiger charge is 2.22. The van der Waals surface area contributed by atoms with Crippen LogP contribution in [0.4, 0.5) is 0 Å². The molecule has 2 heteroatoms. The van der Waals surface area contributed by atoms with E-state index in [4.69, 9.17) is 10.5 Å². The molecule has 88 valence electrons. The largest absolute Gasteiger partial charge is 0.373 e. The topological polar surface area (TPSA) is 35.2 Å². The molecule has 2 nitrogen and oxygen atoms in total. The summed E-state index contributed by atoms with van der Waals surface area (Å²) in [5.74, 6) is 0. The fourth-order valence-corrected chi connectivity index (χ4v) is 2.40. The Morgan fingerprint density at radius 3 is 2.50 bits per heavy atom. The van der Waals surface area contributed by atoms with E-state index in [0.29, 0.717) is 12.1 Å². The van der Waals surface area contributed by atoms with Crippen molar-refractivity contribution in [3.05, 3.63) is 34.9 Å². The molecule has 0 aromatic heterocycles. The summed E-state index contributed by atoms with van der Waals surface area (Å²) < 4.78 is 5.94. The van der Waals surface area contributed by atoms with Gasteiger partial charge < -0.3 is 10.5 Å². The van der Waals surface area contributed by atoms with Gasteiger partial charge in [0.05, 0.1) is 12.7 Å². The number of hydrogen-bond donors (Lipinski definition) is 1. The van der Waals surface area contributed by atoms with Gasteiger partial charge in [0.2, 0.25) is 0 Å². The van der Waals surface area contributed by atoms with Gasteiger partial charge in [0.25, 0.3) is 0 Å². The van der Waals surface area contributed by atoms with E-state index >= 15 is 0 Å². The second-order valence-corrected chi connectivity index (χ2v) is 4.88. The summed E-state index contributed by atoms with van der Waals surface area (Å²) in [6.45, 7) is 5.02. The second-order valence-electron chi connectivity index (χ2n) is 4.88. The molecule has 0 radical (unpaired) electrons. The molecule has 2 atom stereocenters. The number of rotatable bonds is 3. The van der Waals surface area contributed by atoms with Gasteiger partial charge in [0.1, 0.15) is 0 Å². The maximum absolute atomic E-state index is 5.94. The third-order valence-corrected chi connectivity index (χ3v) is 3.53. The van der Waals surface area contributed by atoms with Crippen molar-refractivity contribution >= 4 is 0 Å². The van der Waals surface area contributed by atoms with Crippen molar-refractivity contribution in [1.82, 2.24) is 0 Å². The lowest BCUT2D eigenvalue weighted by Gasteiger charge is -2.14. The maximum Gasteiger partial charge on any atom is 0.0725 e. The van der Waals surface area contributed by atoms with Crippen LogP contribution in [0.5, 0.6) is 0 Å². The van der Waals surface area contributed by atoms with Gasteiger partial charge in [-0.3, -0.25) is 0 Å². The van der Waals surface area contributed by atoms with E-state index in [1.54, 1.807) is 0 Å². The standard InChI is InChI=1S/C14H21NO/c1-10-4-3-5-11(2)14(10)9-16-13-7-6-12(15)8-13/h3-5,12-13H,6-9,15H2,1-2H3. The Balaban J connectivity index is 1.94. The van der Waals surface area contributed by atoms with Crippen molar-refractivity contribution in [3.63, 3.8) is 0 Å². The molecule has 1 fully saturated rings. The minimum atomic E-state index is 0.350. The highest BCUT2D eigenvalue weighted by atomic mass is 16.5. The number of hydrogen-bond acceptors (Lipinski definition) is 2. The van der Waals surface area contributed by atoms with Gasteiger partial charge in [0, 0.05) is 6.04 Å². The molecule has 0 amide bonds. The molecule has 1 saturated carbocycles. The Hall–Kier alpha value is -0.860. The normalized spacial score (nSPS) is 24.9. The van der Waals surface area contributed by atoms with Crippen molar-refractivity contribution in [2.75, 3.05) is 0 Å². The second kappa shape index (κ2) is 4.98. The summed E-state index contributed by atoms with van der Waals surface area (Å²) in [6, 6.07) is 6.74. The number of benzene rings is 1. The minimum absolute atomic E-state index is 0.350. The Bertz CT molecular complexity index is 342. The summed E-state index contributed by atoms with van der Waals surface area (Å²) in [7, 11) is 0. The first-order valence-corrected chi connectivity index (χ1v) is 6.09. The lowest BCUT2D eigenvalue weighted by atomic mass is 10.0. The van der Waals surface area contributed by atoms with Crippen LogP contribution in [0, 0.1) is 13.8 Å². The van der Waals surface area contributed by atoms with Crippen molar-refractivity contribution < 1.29 is 4.74 Å². The summed E-state index contributed by atoms with van der Waals surface area (Å²) in [5, 5.41) is 0. The molecule has 1 aromatic carbocycles. The average Bonchev–Trinajstić information content (AvgIpc) is 2.63. The first kappa shape index (κ1) is 11.6. The minimum Gasteiger partial charge on any atom is -0.373 e. The van der Waals surface area contributed by atoms with E-state index in [2.05, 4.69) is 32.0 Å². The average molecular weight is 219 g/mol. The van der Waals surface area contributed by atoms with Crippen molar-refractivity contribution in [3.8, 4) is 0 Å². The molecule has 1 aromatic rings. The molecule has 0 spiro atoms. The molecule has 0 heterocycles. The quantitative estimate of drug-likeness (QED) is 0.848. The molecule has 2 N–H and O–H groups in total. The van der Waals surface area contributed by atoms with Gasteiger partial charge in [-0.2, -0.15) is 0 Å². The van der Waals surface area contributed by atoms with Gasteiger partial charge in [-0.05, 0) is 49.8 Å². The van der Waals surface area contributed by atoms with Crippen molar-refractivity contribution in [2.45, 2.75) is 51.9 Å². The number of ether oxygens (including phenoxy) is 1. The van der Waals surface area contributed by atoms with Crippen LogP contribution in [0.1, 0.15) is 36.0 Å². The first-order chi connectivity index (χ1) is 7.66. The SMILES string of the molecule is Cc1cccc(C)c1COC1CCC(N)C1. The van der Waals surface area contributed by atoms with Crippen LogP contribution in [0.25, 0.3) is 0 Å². The smallest absolute Gasteiger partial charge is 0.0725 e.